The molecule has 2 aromatic carbocycles. The van der Waals surface area contributed by atoms with Gasteiger partial charge in [-0.05, 0) is 36.3 Å². The molecule has 1 fully saturated rings. The summed E-state index contributed by atoms with van der Waals surface area (Å²) in [6.07, 6.45) is 3.65. The van der Waals surface area contributed by atoms with E-state index in [1.165, 1.54) is 0 Å². The molecule has 130 valence electrons. The third-order valence-corrected chi connectivity index (χ3v) is 4.74. The topological polar surface area (TPSA) is 63.1 Å². The lowest BCUT2D eigenvalue weighted by molar-refractivity contribution is -0.115. The Morgan fingerprint density at radius 3 is 2.65 bits per heavy atom. The molecule has 26 heavy (non-hydrogen) atoms. The third-order valence-electron chi connectivity index (χ3n) is 4.39. The first-order valence-corrected chi connectivity index (χ1v) is 8.56. The van der Waals surface area contributed by atoms with Gasteiger partial charge >= 0.3 is 6.03 Å². The average Bonchev–Trinajstić information content (AvgIpc) is 3.11. The van der Waals surface area contributed by atoms with Gasteiger partial charge in [0.25, 0.3) is 5.91 Å². The monoisotopic (exact) mass is 365 g/mol. The van der Waals surface area contributed by atoms with Gasteiger partial charge in [-0.2, -0.15) is 0 Å². The number of aryl methyl sites for hydroxylation is 1. The maximum absolute atomic E-state index is 11.8. The largest absolute Gasteiger partial charge is 0.342 e. The molecule has 1 aromatic heterocycles. The van der Waals surface area contributed by atoms with E-state index in [9.17, 15) is 9.59 Å². The van der Waals surface area contributed by atoms with Crippen molar-refractivity contribution in [3.05, 3.63) is 76.1 Å². The van der Waals surface area contributed by atoms with Crippen molar-refractivity contribution < 1.29 is 9.59 Å². The van der Waals surface area contributed by atoms with E-state index in [1.54, 1.807) is 6.08 Å². The number of rotatable bonds is 3. The molecule has 6 heteroatoms. The molecule has 0 spiro atoms. The molecule has 0 saturated carbocycles. The minimum absolute atomic E-state index is 0.242. The molecule has 5 nitrogen and oxygen atoms in total. The molecule has 3 aromatic rings. The molecule has 0 atom stereocenters. The highest BCUT2D eigenvalue weighted by molar-refractivity contribution is 6.31. The number of imide groups is 1. The summed E-state index contributed by atoms with van der Waals surface area (Å²) in [7, 11) is 0. The van der Waals surface area contributed by atoms with Crippen molar-refractivity contribution in [2.75, 3.05) is 0 Å². The van der Waals surface area contributed by atoms with Crippen molar-refractivity contribution in [1.29, 1.82) is 0 Å². The minimum atomic E-state index is -0.503. The quantitative estimate of drug-likeness (QED) is 0.547. The van der Waals surface area contributed by atoms with Gasteiger partial charge in [0.15, 0.2) is 0 Å². The Bertz CT molecular complexity index is 1080. The average molecular weight is 366 g/mol. The molecular weight excluding hydrogens is 350 g/mol. The summed E-state index contributed by atoms with van der Waals surface area (Å²) in [4.78, 5) is 23.1. The molecule has 3 amide bonds. The van der Waals surface area contributed by atoms with Crippen LogP contribution in [0.5, 0.6) is 0 Å². The van der Waals surface area contributed by atoms with Crippen molar-refractivity contribution >= 4 is 40.5 Å². The van der Waals surface area contributed by atoms with E-state index in [2.05, 4.69) is 15.2 Å². The predicted octanol–water partition coefficient (Wildman–Crippen LogP) is 3.83. The smallest absolute Gasteiger partial charge is 0.326 e. The van der Waals surface area contributed by atoms with Gasteiger partial charge in [0.2, 0.25) is 0 Å². The number of amides is 3. The van der Waals surface area contributed by atoms with Gasteiger partial charge in [-0.15, -0.1) is 0 Å². The highest BCUT2D eigenvalue weighted by atomic mass is 35.5. The predicted molar refractivity (Wildman–Crippen MR) is 102 cm³/mol. The fourth-order valence-electron chi connectivity index (χ4n) is 3.12. The van der Waals surface area contributed by atoms with E-state index in [-0.39, 0.29) is 5.70 Å². The summed E-state index contributed by atoms with van der Waals surface area (Å²) in [6, 6.07) is 13.4. The number of nitrogens with zero attached hydrogens (tertiary/aromatic N) is 1. The maximum Gasteiger partial charge on any atom is 0.326 e. The summed E-state index contributed by atoms with van der Waals surface area (Å²) in [5.74, 6) is -0.423. The van der Waals surface area contributed by atoms with Gasteiger partial charge in [0.05, 0.1) is 0 Å². The van der Waals surface area contributed by atoms with Gasteiger partial charge < -0.3 is 9.88 Å². The molecule has 0 aliphatic carbocycles. The van der Waals surface area contributed by atoms with Crippen molar-refractivity contribution in [2.24, 2.45) is 0 Å². The zero-order chi connectivity index (χ0) is 18.3. The first-order chi connectivity index (χ1) is 12.5. The highest BCUT2D eigenvalue weighted by Crippen LogP contribution is 2.26. The second-order valence-electron chi connectivity index (χ2n) is 6.29. The second kappa shape index (κ2) is 6.35. The van der Waals surface area contributed by atoms with Gasteiger partial charge in [-0.3, -0.25) is 10.1 Å². The molecule has 4 rings (SSSR count). The number of benzene rings is 2. The molecule has 0 unspecified atom stereocenters. The number of urea groups is 1. The molecule has 0 bridgehead atoms. The van der Waals surface area contributed by atoms with Gasteiger partial charge in [-0.1, -0.05) is 41.9 Å². The lowest BCUT2D eigenvalue weighted by Crippen LogP contribution is -2.22. The number of hydrogen-bond acceptors (Lipinski definition) is 2. The summed E-state index contributed by atoms with van der Waals surface area (Å²) in [5.41, 5.74) is 4.26. The van der Waals surface area contributed by atoms with Crippen LogP contribution in [0, 0.1) is 6.92 Å². The lowest BCUT2D eigenvalue weighted by atomic mass is 10.1. The molecule has 1 saturated heterocycles. The van der Waals surface area contributed by atoms with Crippen LogP contribution < -0.4 is 10.6 Å². The fraction of sp³-hybridized carbons (Fsp3) is 0.100. The first-order valence-electron chi connectivity index (χ1n) is 8.18. The number of halogens is 1. The molecule has 2 N–H and O–H groups in total. The Hall–Kier alpha value is -3.05. The van der Waals surface area contributed by atoms with E-state index in [0.29, 0.717) is 6.54 Å². The Morgan fingerprint density at radius 2 is 1.92 bits per heavy atom. The number of hydrogen-bond donors (Lipinski definition) is 2. The zero-order valence-electron chi connectivity index (χ0n) is 14.0. The number of carbonyl (C=O) groups excluding carboxylic acids is 2. The van der Waals surface area contributed by atoms with E-state index in [1.807, 2.05) is 55.6 Å². The number of aromatic nitrogens is 1. The number of carbonyl (C=O) groups is 2. The van der Waals surface area contributed by atoms with Crippen LogP contribution in [0.2, 0.25) is 5.02 Å². The second-order valence-corrected chi connectivity index (χ2v) is 6.70. The van der Waals surface area contributed by atoms with E-state index >= 15 is 0 Å². The Kier molecular flexibility index (Phi) is 4.01. The van der Waals surface area contributed by atoms with Crippen molar-refractivity contribution in [3.63, 3.8) is 0 Å². The van der Waals surface area contributed by atoms with Crippen LogP contribution in [0.1, 0.15) is 16.7 Å². The van der Waals surface area contributed by atoms with Gasteiger partial charge in [0, 0.05) is 34.2 Å². The first kappa shape index (κ1) is 16.4. The zero-order valence-corrected chi connectivity index (χ0v) is 14.8. The Labute approximate surface area is 155 Å². The SMILES string of the molecule is Cc1ccc(Cn2cc(/C=C3/NC(=O)NC3=O)c3ccccc32)c(Cl)c1. The van der Waals surface area contributed by atoms with Gasteiger partial charge in [0.1, 0.15) is 5.70 Å². The van der Waals surface area contributed by atoms with Crippen LogP contribution in [0.25, 0.3) is 17.0 Å². The van der Waals surface area contributed by atoms with E-state index in [4.69, 9.17) is 11.6 Å². The highest BCUT2D eigenvalue weighted by Gasteiger charge is 2.23. The van der Waals surface area contributed by atoms with Crippen LogP contribution in [0.3, 0.4) is 0 Å². The van der Waals surface area contributed by atoms with Crippen LogP contribution in [0.4, 0.5) is 4.79 Å². The molecule has 0 radical (unpaired) electrons. The summed E-state index contributed by atoms with van der Waals surface area (Å²) in [5, 5.41) is 6.46. The number of fused-ring (bicyclic) bond motifs is 1. The molecule has 2 heterocycles. The maximum atomic E-state index is 11.8. The van der Waals surface area contributed by atoms with Crippen molar-refractivity contribution in [3.8, 4) is 0 Å². The fourth-order valence-corrected chi connectivity index (χ4v) is 3.42. The summed E-state index contributed by atoms with van der Waals surface area (Å²) >= 11 is 6.38. The standard InChI is InChI=1S/C20H16ClN3O2/c1-12-6-7-13(16(21)8-12)10-24-11-14(15-4-2-3-5-18(15)24)9-17-19(25)23-20(26)22-17/h2-9,11H,10H2,1H3,(H2,22,23,25,26)/b17-9+. The van der Waals surface area contributed by atoms with E-state index < -0.39 is 11.9 Å². The Morgan fingerprint density at radius 1 is 1.12 bits per heavy atom. The Balaban J connectivity index is 1.78. The number of nitrogens with one attached hydrogen (secondary N) is 2. The van der Waals surface area contributed by atoms with Gasteiger partial charge in [-0.25, -0.2) is 4.79 Å². The van der Waals surface area contributed by atoms with Crippen LogP contribution in [0.15, 0.2) is 54.4 Å². The third kappa shape index (κ3) is 2.97. The van der Waals surface area contributed by atoms with Crippen molar-refractivity contribution in [1.82, 2.24) is 15.2 Å². The minimum Gasteiger partial charge on any atom is -0.342 e. The van der Waals surface area contributed by atoms with Crippen LogP contribution >= 0.6 is 11.6 Å². The molecule has 1 aliphatic heterocycles. The van der Waals surface area contributed by atoms with Crippen LogP contribution in [-0.2, 0) is 11.3 Å². The molecule has 1 aliphatic rings. The number of para-hydroxylation sites is 1. The summed E-state index contributed by atoms with van der Waals surface area (Å²) < 4.78 is 2.09. The normalized spacial score (nSPS) is 15.5. The van der Waals surface area contributed by atoms with Crippen LogP contribution in [-0.4, -0.2) is 16.5 Å². The van der Waals surface area contributed by atoms with Crippen molar-refractivity contribution in [2.45, 2.75) is 13.5 Å². The summed E-state index contributed by atoms with van der Waals surface area (Å²) in [6.45, 7) is 2.62. The van der Waals surface area contributed by atoms with E-state index in [0.717, 1.165) is 32.6 Å². The molecular formula is C20H16ClN3O2. The lowest BCUT2D eigenvalue weighted by Gasteiger charge is -2.08.